The molecular formula is C17H18. The molecule has 0 amide bonds. The van der Waals surface area contributed by atoms with Crippen molar-refractivity contribution in [2.75, 3.05) is 0 Å². The standard InChI is InChI=1S/C17H18/c1-3-7-15-10-12-17(13-11-15)14(2)16-8-5-4-6-9-16/h4-6,8-13H,2-3,7H2,1H3. The molecule has 0 aliphatic carbocycles. The minimum Gasteiger partial charge on any atom is -0.0906 e. The predicted molar refractivity (Wildman–Crippen MR) is 75.0 cm³/mol. The average Bonchev–Trinajstić information content (AvgIpc) is 2.40. The van der Waals surface area contributed by atoms with Gasteiger partial charge in [-0.15, -0.1) is 0 Å². The summed E-state index contributed by atoms with van der Waals surface area (Å²) in [6, 6.07) is 19.1. The van der Waals surface area contributed by atoms with E-state index in [0.29, 0.717) is 0 Å². The van der Waals surface area contributed by atoms with E-state index in [0.717, 1.165) is 12.0 Å². The van der Waals surface area contributed by atoms with Crippen LogP contribution in [0.1, 0.15) is 30.0 Å². The van der Waals surface area contributed by atoms with Crippen LogP contribution in [0, 0.1) is 0 Å². The van der Waals surface area contributed by atoms with Crippen molar-refractivity contribution in [3.63, 3.8) is 0 Å². The molecule has 2 aromatic rings. The van der Waals surface area contributed by atoms with Gasteiger partial charge < -0.3 is 0 Å². The van der Waals surface area contributed by atoms with E-state index in [1.807, 2.05) is 18.2 Å². The Balaban J connectivity index is 2.20. The third-order valence-electron chi connectivity index (χ3n) is 2.96. The molecule has 0 unspecified atom stereocenters. The van der Waals surface area contributed by atoms with Crippen LogP contribution in [-0.4, -0.2) is 0 Å². The van der Waals surface area contributed by atoms with Crippen molar-refractivity contribution in [1.29, 1.82) is 0 Å². The van der Waals surface area contributed by atoms with Crippen molar-refractivity contribution in [2.45, 2.75) is 19.8 Å². The average molecular weight is 222 g/mol. The fourth-order valence-corrected chi connectivity index (χ4v) is 1.97. The molecule has 0 fully saturated rings. The summed E-state index contributed by atoms with van der Waals surface area (Å²) in [5.74, 6) is 0. The van der Waals surface area contributed by atoms with Gasteiger partial charge >= 0.3 is 0 Å². The Morgan fingerprint density at radius 1 is 0.882 bits per heavy atom. The Morgan fingerprint density at radius 3 is 2.06 bits per heavy atom. The van der Waals surface area contributed by atoms with E-state index in [-0.39, 0.29) is 0 Å². The first kappa shape index (κ1) is 11.7. The third-order valence-corrected chi connectivity index (χ3v) is 2.96. The monoisotopic (exact) mass is 222 g/mol. The minimum absolute atomic E-state index is 1.09. The lowest BCUT2D eigenvalue weighted by molar-refractivity contribution is 0.922. The highest BCUT2D eigenvalue weighted by Gasteiger charge is 2.01. The number of hydrogen-bond donors (Lipinski definition) is 0. The second-order valence-electron chi connectivity index (χ2n) is 4.29. The molecule has 0 aliphatic heterocycles. The molecule has 0 saturated carbocycles. The van der Waals surface area contributed by atoms with Crippen LogP contribution in [-0.2, 0) is 6.42 Å². The van der Waals surface area contributed by atoms with E-state index in [1.54, 1.807) is 0 Å². The van der Waals surface area contributed by atoms with Crippen LogP contribution < -0.4 is 0 Å². The summed E-state index contributed by atoms with van der Waals surface area (Å²) in [6.07, 6.45) is 2.34. The minimum atomic E-state index is 1.09. The Bertz CT molecular complexity index is 477. The van der Waals surface area contributed by atoms with Crippen molar-refractivity contribution in [3.05, 3.63) is 77.9 Å². The van der Waals surface area contributed by atoms with E-state index in [2.05, 4.69) is 49.9 Å². The molecule has 0 heterocycles. The Hall–Kier alpha value is -1.82. The zero-order valence-electron chi connectivity index (χ0n) is 10.3. The van der Waals surface area contributed by atoms with Crippen LogP contribution in [0.3, 0.4) is 0 Å². The van der Waals surface area contributed by atoms with Crippen molar-refractivity contribution in [3.8, 4) is 0 Å². The molecule has 0 saturated heterocycles. The van der Waals surface area contributed by atoms with Gasteiger partial charge in [-0.2, -0.15) is 0 Å². The number of rotatable bonds is 4. The van der Waals surface area contributed by atoms with E-state index in [4.69, 9.17) is 0 Å². The molecule has 0 bridgehead atoms. The van der Waals surface area contributed by atoms with Crippen LogP contribution in [0.15, 0.2) is 61.2 Å². The van der Waals surface area contributed by atoms with Crippen LogP contribution in [0.25, 0.3) is 5.57 Å². The number of hydrogen-bond acceptors (Lipinski definition) is 0. The van der Waals surface area contributed by atoms with Gasteiger partial charge in [-0.3, -0.25) is 0 Å². The first-order valence-electron chi connectivity index (χ1n) is 6.15. The van der Waals surface area contributed by atoms with Gasteiger partial charge in [0.05, 0.1) is 0 Å². The first-order chi connectivity index (χ1) is 8.31. The first-order valence-corrected chi connectivity index (χ1v) is 6.15. The molecule has 0 atom stereocenters. The van der Waals surface area contributed by atoms with E-state index >= 15 is 0 Å². The van der Waals surface area contributed by atoms with Crippen LogP contribution in [0.2, 0.25) is 0 Å². The normalized spacial score (nSPS) is 10.2. The SMILES string of the molecule is C=C(c1ccccc1)c1ccc(CCC)cc1. The highest BCUT2D eigenvalue weighted by molar-refractivity contribution is 5.77. The van der Waals surface area contributed by atoms with E-state index < -0.39 is 0 Å². The predicted octanol–water partition coefficient (Wildman–Crippen LogP) is 4.70. The van der Waals surface area contributed by atoms with Gasteiger partial charge in [0.1, 0.15) is 0 Å². The quantitative estimate of drug-likeness (QED) is 0.703. The molecule has 2 aromatic carbocycles. The van der Waals surface area contributed by atoms with Gasteiger partial charge in [-0.05, 0) is 28.7 Å². The lowest BCUT2D eigenvalue weighted by Gasteiger charge is -2.07. The molecule has 0 N–H and O–H groups in total. The molecule has 0 aliphatic rings. The Labute approximate surface area is 104 Å². The highest BCUT2D eigenvalue weighted by Crippen LogP contribution is 2.21. The second-order valence-corrected chi connectivity index (χ2v) is 4.29. The lowest BCUT2D eigenvalue weighted by atomic mass is 9.98. The molecule has 0 spiro atoms. The van der Waals surface area contributed by atoms with Gasteiger partial charge in [-0.1, -0.05) is 74.5 Å². The third kappa shape index (κ3) is 2.85. The van der Waals surface area contributed by atoms with E-state index in [9.17, 15) is 0 Å². The fraction of sp³-hybridized carbons (Fsp3) is 0.176. The maximum atomic E-state index is 4.17. The van der Waals surface area contributed by atoms with Crippen molar-refractivity contribution >= 4 is 5.57 Å². The van der Waals surface area contributed by atoms with Crippen LogP contribution in [0.4, 0.5) is 0 Å². The summed E-state index contributed by atoms with van der Waals surface area (Å²) in [6.45, 7) is 6.38. The van der Waals surface area contributed by atoms with Gasteiger partial charge in [0.2, 0.25) is 0 Å². The van der Waals surface area contributed by atoms with Crippen LogP contribution in [0.5, 0.6) is 0 Å². The van der Waals surface area contributed by atoms with Crippen molar-refractivity contribution < 1.29 is 0 Å². The number of aryl methyl sites for hydroxylation is 1. The van der Waals surface area contributed by atoms with Crippen molar-refractivity contribution in [1.82, 2.24) is 0 Å². The molecule has 17 heavy (non-hydrogen) atoms. The smallest absolute Gasteiger partial charge is 0.0183 e. The Morgan fingerprint density at radius 2 is 1.47 bits per heavy atom. The largest absolute Gasteiger partial charge is 0.0906 e. The summed E-state index contributed by atoms with van der Waals surface area (Å²) in [5, 5.41) is 0. The van der Waals surface area contributed by atoms with Crippen LogP contribution >= 0.6 is 0 Å². The summed E-state index contributed by atoms with van der Waals surface area (Å²) in [5.41, 5.74) is 4.89. The lowest BCUT2D eigenvalue weighted by Crippen LogP contribution is -1.88. The maximum Gasteiger partial charge on any atom is -0.0183 e. The summed E-state index contributed by atoms with van der Waals surface area (Å²) in [7, 11) is 0. The molecule has 0 radical (unpaired) electrons. The van der Waals surface area contributed by atoms with Crippen molar-refractivity contribution in [2.24, 2.45) is 0 Å². The summed E-state index contributed by atoms with van der Waals surface area (Å²) >= 11 is 0. The molecule has 0 aromatic heterocycles. The molecule has 0 heteroatoms. The number of benzene rings is 2. The summed E-state index contributed by atoms with van der Waals surface area (Å²) in [4.78, 5) is 0. The molecule has 86 valence electrons. The summed E-state index contributed by atoms with van der Waals surface area (Å²) < 4.78 is 0. The molecular weight excluding hydrogens is 204 g/mol. The fourth-order valence-electron chi connectivity index (χ4n) is 1.97. The molecule has 2 rings (SSSR count). The second kappa shape index (κ2) is 5.49. The zero-order chi connectivity index (χ0) is 12.1. The van der Waals surface area contributed by atoms with Gasteiger partial charge in [0.15, 0.2) is 0 Å². The topological polar surface area (TPSA) is 0 Å². The van der Waals surface area contributed by atoms with Gasteiger partial charge in [0, 0.05) is 0 Å². The maximum absolute atomic E-state index is 4.17. The van der Waals surface area contributed by atoms with Gasteiger partial charge in [-0.25, -0.2) is 0 Å². The van der Waals surface area contributed by atoms with Gasteiger partial charge in [0.25, 0.3) is 0 Å². The highest BCUT2D eigenvalue weighted by atomic mass is 14.1. The Kier molecular flexibility index (Phi) is 3.77. The molecule has 0 nitrogen and oxygen atoms in total. The van der Waals surface area contributed by atoms with E-state index in [1.165, 1.54) is 23.1 Å². The zero-order valence-corrected chi connectivity index (χ0v) is 10.3.